The molecule has 8 nitrogen and oxygen atoms in total. The fraction of sp³-hybridized carbons (Fsp3) is 0.881. The third-order valence-corrected chi connectivity index (χ3v) is 10.4. The molecule has 3 unspecified atom stereocenters. The van der Waals surface area contributed by atoms with Crippen molar-refractivity contribution in [3.8, 4) is 0 Å². The molecule has 0 saturated carbocycles. The Hall–Kier alpha value is -1.02. The van der Waals surface area contributed by atoms with E-state index in [0.29, 0.717) is 17.4 Å². The van der Waals surface area contributed by atoms with E-state index in [-0.39, 0.29) is 19.1 Å². The van der Waals surface area contributed by atoms with Crippen molar-refractivity contribution in [3.05, 3.63) is 24.3 Å². The second-order valence-corrected chi connectivity index (χ2v) is 17.1. The first-order valence-electron chi connectivity index (χ1n) is 21.2. The van der Waals surface area contributed by atoms with Crippen molar-refractivity contribution in [1.82, 2.24) is 5.32 Å². The first-order valence-corrected chi connectivity index (χ1v) is 22.7. The van der Waals surface area contributed by atoms with E-state index >= 15 is 0 Å². The van der Waals surface area contributed by atoms with Crippen LogP contribution >= 0.6 is 7.82 Å². The first kappa shape index (κ1) is 50.0. The molecule has 2 N–H and O–H groups in total. The molecule has 1 amide bonds. The largest absolute Gasteiger partial charge is 0.756 e. The number of hydrogen-bond donors (Lipinski definition) is 2. The number of rotatable bonds is 38. The molecule has 9 heteroatoms. The lowest BCUT2D eigenvalue weighted by Crippen LogP contribution is -2.45. The minimum Gasteiger partial charge on any atom is -0.756 e. The molecule has 0 aliphatic carbocycles. The van der Waals surface area contributed by atoms with Gasteiger partial charge in [0.15, 0.2) is 0 Å². The smallest absolute Gasteiger partial charge is 0.268 e. The van der Waals surface area contributed by atoms with Crippen LogP contribution in [0.5, 0.6) is 0 Å². The number of nitrogens with one attached hydrogen (secondary N) is 1. The topological polar surface area (TPSA) is 108 Å². The summed E-state index contributed by atoms with van der Waals surface area (Å²) in [5.41, 5.74) is 0. The molecule has 51 heavy (non-hydrogen) atoms. The molecular formula is C42H83N2O6P. The maximum atomic E-state index is 12.8. The van der Waals surface area contributed by atoms with E-state index in [4.69, 9.17) is 9.05 Å². The molecule has 0 saturated heterocycles. The number of carbonyl (C=O) groups excluding carboxylic acids is 1. The molecule has 0 aliphatic rings. The van der Waals surface area contributed by atoms with Gasteiger partial charge >= 0.3 is 0 Å². The van der Waals surface area contributed by atoms with Crippen molar-refractivity contribution in [2.75, 3.05) is 40.9 Å². The van der Waals surface area contributed by atoms with Crippen molar-refractivity contribution in [3.63, 3.8) is 0 Å². The number of phosphoric ester groups is 1. The Morgan fingerprint density at radius 2 is 1.10 bits per heavy atom. The van der Waals surface area contributed by atoms with E-state index in [1.165, 1.54) is 128 Å². The fourth-order valence-electron chi connectivity index (χ4n) is 5.99. The van der Waals surface area contributed by atoms with Gasteiger partial charge in [0.1, 0.15) is 13.2 Å². The van der Waals surface area contributed by atoms with Crippen LogP contribution in [0.25, 0.3) is 0 Å². The summed E-state index contributed by atoms with van der Waals surface area (Å²) in [6.45, 7) is 4.61. The number of allylic oxidation sites excluding steroid dienone is 3. The summed E-state index contributed by atoms with van der Waals surface area (Å²) in [7, 11) is 1.25. The Morgan fingerprint density at radius 1 is 0.667 bits per heavy atom. The predicted octanol–water partition coefficient (Wildman–Crippen LogP) is 10.7. The highest BCUT2D eigenvalue weighted by atomic mass is 31.2. The minimum atomic E-state index is -4.59. The second kappa shape index (κ2) is 34.7. The van der Waals surface area contributed by atoms with Crippen molar-refractivity contribution in [1.29, 1.82) is 0 Å². The number of amides is 1. The molecule has 0 aromatic rings. The number of carbonyl (C=O) groups is 1. The van der Waals surface area contributed by atoms with Gasteiger partial charge in [0.25, 0.3) is 7.82 Å². The molecule has 0 fully saturated rings. The Balaban J connectivity index is 4.44. The number of aliphatic hydroxyl groups is 1. The summed E-state index contributed by atoms with van der Waals surface area (Å²) in [5.74, 6) is -0.207. The highest BCUT2D eigenvalue weighted by Gasteiger charge is 2.23. The summed E-state index contributed by atoms with van der Waals surface area (Å²) < 4.78 is 23.1. The fourth-order valence-corrected chi connectivity index (χ4v) is 6.71. The molecule has 0 heterocycles. The predicted molar refractivity (Wildman–Crippen MR) is 215 cm³/mol. The van der Waals surface area contributed by atoms with Gasteiger partial charge in [-0.05, 0) is 32.1 Å². The maximum absolute atomic E-state index is 12.8. The highest BCUT2D eigenvalue weighted by molar-refractivity contribution is 7.45. The molecule has 0 aliphatic heterocycles. The molecule has 0 rings (SSSR count). The van der Waals surface area contributed by atoms with Crippen molar-refractivity contribution in [2.45, 2.75) is 199 Å². The third-order valence-electron chi connectivity index (χ3n) is 9.41. The second-order valence-electron chi connectivity index (χ2n) is 15.7. The normalized spacial score (nSPS) is 14.7. The van der Waals surface area contributed by atoms with Gasteiger partial charge in [-0.25, -0.2) is 0 Å². The van der Waals surface area contributed by atoms with E-state index in [9.17, 15) is 19.4 Å². The minimum absolute atomic E-state index is 0.00452. The highest BCUT2D eigenvalue weighted by Crippen LogP contribution is 2.38. The first-order chi connectivity index (χ1) is 24.5. The van der Waals surface area contributed by atoms with Crippen LogP contribution in [0.15, 0.2) is 24.3 Å². The molecule has 0 radical (unpaired) electrons. The lowest BCUT2D eigenvalue weighted by molar-refractivity contribution is -0.870. The number of aliphatic hydroxyl groups excluding tert-OH is 1. The third kappa shape index (κ3) is 37.1. The molecule has 0 spiro atoms. The Bertz CT molecular complexity index is 891. The quantitative estimate of drug-likeness (QED) is 0.0282. The lowest BCUT2D eigenvalue weighted by atomic mass is 10.0. The SMILES string of the molecule is CCCCCCCC/C=C/CC/C=C/C(O)C(COP(=O)([O-])OCC[N+](C)(C)C)NC(=O)CCCCCCCCCCCCCCCCCCC. The summed E-state index contributed by atoms with van der Waals surface area (Å²) in [4.78, 5) is 25.2. The molecule has 0 bridgehead atoms. The lowest BCUT2D eigenvalue weighted by Gasteiger charge is -2.29. The van der Waals surface area contributed by atoms with Gasteiger partial charge < -0.3 is 28.8 Å². The van der Waals surface area contributed by atoms with E-state index in [1.54, 1.807) is 6.08 Å². The van der Waals surface area contributed by atoms with Gasteiger partial charge in [-0.1, -0.05) is 173 Å². The van der Waals surface area contributed by atoms with E-state index in [0.717, 1.165) is 38.5 Å². The molecule has 0 aromatic carbocycles. The van der Waals surface area contributed by atoms with Crippen LogP contribution in [0.1, 0.15) is 187 Å². The zero-order chi connectivity index (χ0) is 37.9. The zero-order valence-electron chi connectivity index (χ0n) is 34.1. The standard InChI is InChI=1S/C42H83N2O6P/c1-6-8-10-12-14-16-18-20-21-22-23-24-26-28-30-32-34-36-42(46)43-40(39-50-51(47,48)49-38-37-44(3,4)5)41(45)35-33-31-29-27-25-19-17-15-13-11-9-7-2/h25,27,33,35,40-41,45H,6-24,26,28-32,34,36-39H2,1-5H3,(H-,43,46,47,48)/b27-25+,35-33+. The Morgan fingerprint density at radius 3 is 1.59 bits per heavy atom. The van der Waals surface area contributed by atoms with Gasteiger partial charge in [0.05, 0.1) is 39.9 Å². The van der Waals surface area contributed by atoms with Gasteiger partial charge in [-0.15, -0.1) is 0 Å². The van der Waals surface area contributed by atoms with Crippen molar-refractivity contribution >= 4 is 13.7 Å². The van der Waals surface area contributed by atoms with Gasteiger partial charge in [0.2, 0.25) is 5.91 Å². The van der Waals surface area contributed by atoms with Crippen LogP contribution in [-0.4, -0.2) is 68.5 Å². The maximum Gasteiger partial charge on any atom is 0.268 e. The van der Waals surface area contributed by atoms with Crippen LogP contribution in [0.3, 0.4) is 0 Å². The summed E-state index contributed by atoms with van der Waals surface area (Å²) in [6.07, 6.45) is 39.4. The van der Waals surface area contributed by atoms with Crippen LogP contribution in [0, 0.1) is 0 Å². The molecule has 3 atom stereocenters. The van der Waals surface area contributed by atoms with Crippen molar-refractivity contribution in [2.24, 2.45) is 0 Å². The number of phosphoric acid groups is 1. The number of hydrogen-bond acceptors (Lipinski definition) is 6. The van der Waals surface area contributed by atoms with Crippen LogP contribution in [0.2, 0.25) is 0 Å². The summed E-state index contributed by atoms with van der Waals surface area (Å²) in [6, 6.07) is -0.896. The Kier molecular flexibility index (Phi) is 34.0. The summed E-state index contributed by atoms with van der Waals surface area (Å²) >= 11 is 0. The van der Waals surface area contributed by atoms with Crippen LogP contribution in [0.4, 0.5) is 0 Å². The van der Waals surface area contributed by atoms with Gasteiger partial charge in [-0.2, -0.15) is 0 Å². The molecular weight excluding hydrogens is 659 g/mol. The van der Waals surface area contributed by atoms with Crippen molar-refractivity contribution < 1.29 is 32.9 Å². The summed E-state index contributed by atoms with van der Waals surface area (Å²) in [5, 5.41) is 13.7. The van der Waals surface area contributed by atoms with Crippen LogP contribution < -0.4 is 10.2 Å². The number of nitrogens with zero attached hydrogens (tertiary/aromatic N) is 1. The average molecular weight is 743 g/mol. The number of unbranched alkanes of at least 4 members (excludes halogenated alkanes) is 23. The average Bonchev–Trinajstić information content (AvgIpc) is 3.07. The van der Waals surface area contributed by atoms with E-state index in [2.05, 4.69) is 31.3 Å². The monoisotopic (exact) mass is 743 g/mol. The number of likely N-dealkylation sites (N-methyl/N-ethyl adjacent to an activating group) is 1. The number of quaternary nitrogens is 1. The van der Waals surface area contributed by atoms with Gasteiger partial charge in [-0.3, -0.25) is 9.36 Å². The van der Waals surface area contributed by atoms with Gasteiger partial charge in [0, 0.05) is 6.42 Å². The van der Waals surface area contributed by atoms with Crippen LogP contribution in [-0.2, 0) is 18.4 Å². The zero-order valence-corrected chi connectivity index (χ0v) is 35.0. The molecule has 0 aromatic heterocycles. The molecule has 302 valence electrons. The van der Waals surface area contributed by atoms with E-state index < -0.39 is 20.0 Å². The Labute approximate surface area is 315 Å². The van der Waals surface area contributed by atoms with E-state index in [1.807, 2.05) is 27.2 Å².